The number of benzene rings is 3. The first-order chi connectivity index (χ1) is 27.5. The molecule has 6 atom stereocenters. The molecular weight excluding hydrogens is 751 g/mol. The van der Waals surface area contributed by atoms with Crippen molar-refractivity contribution in [1.29, 1.82) is 0 Å². The third-order valence-corrected chi connectivity index (χ3v) is 16.6. The second-order valence-corrected chi connectivity index (χ2v) is 22.9. The van der Waals surface area contributed by atoms with Crippen molar-refractivity contribution in [2.24, 2.45) is 0 Å². The second-order valence-electron chi connectivity index (χ2n) is 18.6. The summed E-state index contributed by atoms with van der Waals surface area (Å²) in [7, 11) is -1.30. The molecule has 10 nitrogen and oxygen atoms in total. The maximum atomic E-state index is 13.9. The predicted molar refractivity (Wildman–Crippen MR) is 227 cm³/mol. The van der Waals surface area contributed by atoms with E-state index in [1.807, 2.05) is 58.9 Å². The van der Waals surface area contributed by atoms with Crippen LogP contribution in [0.3, 0.4) is 0 Å². The van der Waals surface area contributed by atoms with Crippen molar-refractivity contribution < 1.29 is 42.4 Å². The minimum atomic E-state index is -2.95. The third-order valence-electron chi connectivity index (χ3n) is 11.5. The van der Waals surface area contributed by atoms with Crippen LogP contribution in [0.25, 0.3) is 0 Å². The Labute approximate surface area is 346 Å². The van der Waals surface area contributed by atoms with Gasteiger partial charge < -0.3 is 32.8 Å². The topological polar surface area (TPSA) is 102 Å². The molecule has 0 saturated carbocycles. The fourth-order valence-electron chi connectivity index (χ4n) is 8.90. The Hall–Kier alpha value is -3.58. The Morgan fingerprint density at radius 1 is 0.828 bits per heavy atom. The second kappa shape index (κ2) is 18.4. The van der Waals surface area contributed by atoms with Gasteiger partial charge in [-0.15, -0.1) is 0 Å². The first kappa shape index (κ1) is 44.0. The van der Waals surface area contributed by atoms with Crippen molar-refractivity contribution in [2.75, 3.05) is 20.3 Å². The number of hydrogen-bond donors (Lipinski definition) is 0. The molecule has 0 aliphatic carbocycles. The molecule has 6 rings (SSSR count). The summed E-state index contributed by atoms with van der Waals surface area (Å²) in [5.41, 5.74) is -0.536. The number of amides is 1. The molecule has 3 aromatic carbocycles. The van der Waals surface area contributed by atoms with Crippen LogP contribution in [0.4, 0.5) is 4.79 Å². The van der Waals surface area contributed by atoms with E-state index in [9.17, 15) is 9.59 Å². The zero-order chi connectivity index (χ0) is 41.7. The van der Waals surface area contributed by atoms with Crippen LogP contribution in [0.1, 0.15) is 99.5 Å². The Morgan fingerprint density at radius 3 is 2.03 bits per heavy atom. The Balaban J connectivity index is 1.25. The molecule has 0 N–H and O–H groups in total. The molecule has 3 fully saturated rings. The van der Waals surface area contributed by atoms with E-state index in [1.165, 1.54) is 10.4 Å². The monoisotopic (exact) mass is 815 g/mol. The van der Waals surface area contributed by atoms with Crippen LogP contribution in [0.2, 0.25) is 5.04 Å². The lowest BCUT2D eigenvalue weighted by Gasteiger charge is -2.49. The summed E-state index contributed by atoms with van der Waals surface area (Å²) < 4.78 is 45.0. The number of ketones is 1. The molecule has 3 saturated heterocycles. The lowest BCUT2D eigenvalue weighted by atomic mass is 9.91. The van der Waals surface area contributed by atoms with Crippen molar-refractivity contribution in [3.05, 3.63) is 90.5 Å². The number of nitrogens with zero attached hydrogens (tertiary/aromatic N) is 1. The summed E-state index contributed by atoms with van der Waals surface area (Å²) in [5, 5.41) is 2.17. The number of hydrogen-bond acceptors (Lipinski definition) is 9. The molecule has 3 aliphatic rings. The van der Waals surface area contributed by atoms with Gasteiger partial charge >= 0.3 is 6.09 Å². The van der Waals surface area contributed by atoms with Crippen LogP contribution < -0.4 is 15.1 Å². The van der Waals surface area contributed by atoms with Crippen LogP contribution in [0, 0.1) is 0 Å². The molecule has 316 valence electrons. The number of ether oxygens (including phenoxy) is 6. The fourth-order valence-corrected chi connectivity index (χ4v) is 13.6. The van der Waals surface area contributed by atoms with Gasteiger partial charge in [-0.2, -0.15) is 0 Å². The Bertz CT molecular complexity index is 1750. The molecule has 3 aliphatic heterocycles. The molecule has 1 amide bonds. The van der Waals surface area contributed by atoms with E-state index in [4.69, 9.17) is 32.8 Å². The molecule has 0 radical (unpaired) electrons. The maximum Gasteiger partial charge on any atom is 0.412 e. The maximum absolute atomic E-state index is 13.9. The minimum Gasteiger partial charge on any atom is -0.497 e. The summed E-state index contributed by atoms with van der Waals surface area (Å²) in [6.45, 7) is 17.5. The standard InChI is InChI=1S/C47H65NO9Si/c1-45(2,3)56-44(50)48-42(32-53-47(48,7)8)43-30-39(57-58(46(4,5)6,40-16-12-10-13-17-40)41-18-14-11-15-19-41)29-38(55-43)28-37-27-34(49)26-36(54-37)24-25-52-31-33-20-22-35(51-9)23-21-33/h10-23,36-39,42-43H,24-32H2,1-9H3/t36-,37+,38+,39+,42+,43+/m0/s1. The third kappa shape index (κ3) is 10.6. The molecular formula is C47H65NO9Si. The van der Waals surface area contributed by atoms with E-state index < -0.39 is 37.9 Å². The summed E-state index contributed by atoms with van der Waals surface area (Å²) in [6, 6.07) is 28.7. The number of Topliss-reactive ketones (excluding diaryl/α,β-unsaturated/α-hetero) is 1. The fraction of sp³-hybridized carbons (Fsp3) is 0.574. The average molecular weight is 816 g/mol. The summed E-state index contributed by atoms with van der Waals surface area (Å²) in [6.07, 6.45) is 1.09. The molecule has 0 bridgehead atoms. The highest BCUT2D eigenvalue weighted by Crippen LogP contribution is 2.42. The predicted octanol–water partition coefficient (Wildman–Crippen LogP) is 7.97. The van der Waals surface area contributed by atoms with Crippen molar-refractivity contribution in [3.8, 4) is 5.75 Å². The van der Waals surface area contributed by atoms with Crippen LogP contribution in [0.5, 0.6) is 5.75 Å². The quantitative estimate of drug-likeness (QED) is 0.126. The Kier molecular flexibility index (Phi) is 13.9. The molecule has 11 heteroatoms. The number of carbonyl (C=O) groups excluding carboxylic acids is 2. The zero-order valence-electron chi connectivity index (χ0n) is 36.0. The number of rotatable bonds is 13. The lowest BCUT2D eigenvalue weighted by Crippen LogP contribution is -2.68. The van der Waals surface area contributed by atoms with Crippen LogP contribution >= 0.6 is 0 Å². The van der Waals surface area contributed by atoms with Gasteiger partial charge in [0.15, 0.2) is 0 Å². The number of carbonyl (C=O) groups is 2. The van der Waals surface area contributed by atoms with Gasteiger partial charge in [-0.3, -0.25) is 9.69 Å². The van der Waals surface area contributed by atoms with Crippen molar-refractivity contribution >= 4 is 30.6 Å². The van der Waals surface area contributed by atoms with Crippen molar-refractivity contribution in [2.45, 2.75) is 153 Å². The molecule has 3 aromatic rings. The van der Waals surface area contributed by atoms with E-state index in [1.54, 1.807) is 12.0 Å². The highest BCUT2D eigenvalue weighted by Gasteiger charge is 2.55. The average Bonchev–Trinajstić information content (AvgIpc) is 3.50. The van der Waals surface area contributed by atoms with E-state index in [2.05, 4.69) is 81.4 Å². The van der Waals surface area contributed by atoms with Gasteiger partial charge in [-0.25, -0.2) is 4.79 Å². The number of methoxy groups -OCH3 is 1. The van der Waals surface area contributed by atoms with E-state index in [0.29, 0.717) is 58.3 Å². The minimum absolute atomic E-state index is 0.186. The lowest BCUT2D eigenvalue weighted by molar-refractivity contribution is -0.154. The summed E-state index contributed by atoms with van der Waals surface area (Å²) in [4.78, 5) is 28.8. The van der Waals surface area contributed by atoms with Gasteiger partial charge in [0.2, 0.25) is 0 Å². The SMILES string of the molecule is COc1ccc(COCC[C@H]2CC(=O)C[C@H](C[C@@H]3C[C@@H](O[Si](c4ccccc4)(c4ccccc4)C(C)(C)C)C[C@H]([C@H]4COC(C)(C)N4C(=O)OC(C)(C)C)O3)O2)cc1. The highest BCUT2D eigenvalue weighted by atomic mass is 28.4. The van der Waals surface area contributed by atoms with Gasteiger partial charge in [0.25, 0.3) is 8.32 Å². The smallest absolute Gasteiger partial charge is 0.412 e. The zero-order valence-corrected chi connectivity index (χ0v) is 37.0. The van der Waals surface area contributed by atoms with Gasteiger partial charge in [-0.1, -0.05) is 93.6 Å². The Morgan fingerprint density at radius 2 is 1.45 bits per heavy atom. The molecule has 58 heavy (non-hydrogen) atoms. The molecule has 0 spiro atoms. The van der Waals surface area contributed by atoms with E-state index >= 15 is 0 Å². The molecule has 3 heterocycles. The normalized spacial score (nSPS) is 25.4. The highest BCUT2D eigenvalue weighted by molar-refractivity contribution is 6.99. The molecule has 0 aromatic heterocycles. The molecule has 0 unspecified atom stereocenters. The summed E-state index contributed by atoms with van der Waals surface area (Å²) >= 11 is 0. The van der Waals surface area contributed by atoms with Crippen LogP contribution in [-0.4, -0.2) is 93.3 Å². The van der Waals surface area contributed by atoms with Crippen LogP contribution in [0.15, 0.2) is 84.9 Å². The van der Waals surface area contributed by atoms with Gasteiger partial charge in [0.1, 0.15) is 22.9 Å². The van der Waals surface area contributed by atoms with E-state index in [0.717, 1.165) is 11.3 Å². The van der Waals surface area contributed by atoms with Gasteiger partial charge in [-0.05, 0) is 80.6 Å². The van der Waals surface area contributed by atoms with E-state index in [-0.39, 0.29) is 35.2 Å². The first-order valence-corrected chi connectivity index (χ1v) is 22.9. The first-order valence-electron chi connectivity index (χ1n) is 21.0. The van der Waals surface area contributed by atoms with Gasteiger partial charge in [0.05, 0.1) is 56.9 Å². The van der Waals surface area contributed by atoms with Crippen LogP contribution in [-0.2, 0) is 39.5 Å². The summed E-state index contributed by atoms with van der Waals surface area (Å²) in [5.74, 6) is 0.991. The van der Waals surface area contributed by atoms with Crippen molar-refractivity contribution in [1.82, 2.24) is 4.90 Å². The largest absolute Gasteiger partial charge is 0.497 e. The van der Waals surface area contributed by atoms with Crippen molar-refractivity contribution in [3.63, 3.8) is 0 Å². The van der Waals surface area contributed by atoms with Gasteiger partial charge in [0, 0.05) is 32.3 Å².